The molecule has 0 heterocycles. The molecule has 5 heteroatoms. The van der Waals surface area contributed by atoms with E-state index in [1.54, 1.807) is 12.1 Å². The van der Waals surface area contributed by atoms with Crippen molar-refractivity contribution in [2.75, 3.05) is 12.4 Å². The van der Waals surface area contributed by atoms with Crippen molar-refractivity contribution in [2.24, 2.45) is 5.92 Å². The number of nitrogens with zero attached hydrogens (tertiary/aromatic N) is 1. The summed E-state index contributed by atoms with van der Waals surface area (Å²) in [7, 11) is 1.44. The molecule has 18 heavy (non-hydrogen) atoms. The van der Waals surface area contributed by atoms with Crippen LogP contribution in [0.3, 0.4) is 0 Å². The molecule has 2 rings (SSSR count). The molecule has 98 valence electrons. The van der Waals surface area contributed by atoms with Gasteiger partial charge in [0.1, 0.15) is 0 Å². The number of rotatable bonds is 4. The van der Waals surface area contributed by atoms with Gasteiger partial charge in [0, 0.05) is 17.8 Å². The van der Waals surface area contributed by atoms with Crippen LogP contribution < -0.4 is 10.1 Å². The van der Waals surface area contributed by atoms with Gasteiger partial charge in [0.25, 0.3) is 0 Å². The fourth-order valence-corrected chi connectivity index (χ4v) is 2.50. The SMILES string of the molecule is COc1ccc(NC2CCC(C)C2)cc1[N+](=O)[O-]. The van der Waals surface area contributed by atoms with Crippen molar-refractivity contribution < 1.29 is 9.66 Å². The van der Waals surface area contributed by atoms with Crippen molar-refractivity contribution in [1.29, 1.82) is 0 Å². The highest BCUT2D eigenvalue weighted by Gasteiger charge is 2.22. The molecule has 1 aliphatic carbocycles. The van der Waals surface area contributed by atoms with Gasteiger partial charge in [-0.3, -0.25) is 10.1 Å². The topological polar surface area (TPSA) is 64.4 Å². The quantitative estimate of drug-likeness (QED) is 0.658. The number of nitrogens with one attached hydrogen (secondary N) is 1. The zero-order chi connectivity index (χ0) is 13.1. The lowest BCUT2D eigenvalue weighted by molar-refractivity contribution is -0.385. The molecule has 1 aliphatic rings. The van der Waals surface area contributed by atoms with Gasteiger partial charge in [0.15, 0.2) is 5.75 Å². The Labute approximate surface area is 106 Å². The molecule has 1 fully saturated rings. The maximum Gasteiger partial charge on any atom is 0.312 e. The summed E-state index contributed by atoms with van der Waals surface area (Å²) >= 11 is 0. The van der Waals surface area contributed by atoms with Crippen LogP contribution in [0, 0.1) is 16.0 Å². The number of benzene rings is 1. The maximum absolute atomic E-state index is 10.9. The van der Waals surface area contributed by atoms with E-state index >= 15 is 0 Å². The second kappa shape index (κ2) is 5.25. The van der Waals surface area contributed by atoms with Crippen LogP contribution in [0.4, 0.5) is 11.4 Å². The second-order valence-corrected chi connectivity index (χ2v) is 4.90. The fourth-order valence-electron chi connectivity index (χ4n) is 2.50. The summed E-state index contributed by atoms with van der Waals surface area (Å²) in [5.74, 6) is 1.03. The van der Waals surface area contributed by atoms with Crippen LogP contribution in [0.5, 0.6) is 5.75 Å². The van der Waals surface area contributed by atoms with Crippen molar-refractivity contribution in [1.82, 2.24) is 0 Å². The molecule has 1 N–H and O–H groups in total. The standard InChI is InChI=1S/C13H18N2O3/c1-9-3-4-10(7-9)14-11-5-6-13(18-2)12(8-11)15(16)17/h5-6,8-10,14H,3-4,7H2,1-2H3. The van der Waals surface area contributed by atoms with Crippen LogP contribution in [0.15, 0.2) is 18.2 Å². The Hall–Kier alpha value is -1.78. The number of anilines is 1. The average molecular weight is 250 g/mol. The van der Waals surface area contributed by atoms with Crippen molar-refractivity contribution in [2.45, 2.75) is 32.2 Å². The normalized spacial score (nSPS) is 22.8. The van der Waals surface area contributed by atoms with Crippen molar-refractivity contribution in [3.8, 4) is 5.75 Å². The molecule has 2 atom stereocenters. The summed E-state index contributed by atoms with van der Waals surface area (Å²) in [6.07, 6.45) is 3.47. The third-order valence-electron chi connectivity index (χ3n) is 3.44. The fraction of sp³-hybridized carbons (Fsp3) is 0.538. The van der Waals surface area contributed by atoms with Crippen LogP contribution in [0.25, 0.3) is 0 Å². The van der Waals surface area contributed by atoms with Gasteiger partial charge in [0.05, 0.1) is 12.0 Å². The summed E-state index contributed by atoms with van der Waals surface area (Å²) in [4.78, 5) is 10.5. The minimum absolute atomic E-state index is 0.00791. The molecular formula is C13H18N2O3. The largest absolute Gasteiger partial charge is 0.490 e. The lowest BCUT2D eigenvalue weighted by atomic mass is 10.1. The predicted octanol–water partition coefficient (Wildman–Crippen LogP) is 3.20. The minimum atomic E-state index is -0.415. The van der Waals surface area contributed by atoms with E-state index in [9.17, 15) is 10.1 Å². The number of hydrogen-bond acceptors (Lipinski definition) is 4. The Morgan fingerprint density at radius 1 is 1.44 bits per heavy atom. The number of nitro benzene ring substituents is 1. The molecule has 1 saturated carbocycles. The predicted molar refractivity (Wildman–Crippen MR) is 70.1 cm³/mol. The van der Waals surface area contributed by atoms with E-state index in [0.29, 0.717) is 11.8 Å². The van der Waals surface area contributed by atoms with Crippen LogP contribution in [-0.4, -0.2) is 18.1 Å². The first kappa shape index (κ1) is 12.7. The first-order chi connectivity index (χ1) is 8.60. The first-order valence-corrected chi connectivity index (χ1v) is 6.19. The molecule has 0 amide bonds. The molecule has 0 saturated heterocycles. The van der Waals surface area contributed by atoms with E-state index in [-0.39, 0.29) is 5.69 Å². The third kappa shape index (κ3) is 2.72. The van der Waals surface area contributed by atoms with E-state index in [1.807, 2.05) is 6.07 Å². The molecule has 1 aromatic rings. The van der Waals surface area contributed by atoms with Gasteiger partial charge in [-0.25, -0.2) is 0 Å². The molecule has 1 aromatic carbocycles. The zero-order valence-corrected chi connectivity index (χ0v) is 10.7. The molecule has 0 radical (unpaired) electrons. The molecule has 0 aromatic heterocycles. The zero-order valence-electron chi connectivity index (χ0n) is 10.7. The van der Waals surface area contributed by atoms with Crippen LogP contribution in [-0.2, 0) is 0 Å². The van der Waals surface area contributed by atoms with Crippen LogP contribution in [0.2, 0.25) is 0 Å². The lowest BCUT2D eigenvalue weighted by Crippen LogP contribution is -2.15. The monoisotopic (exact) mass is 250 g/mol. The highest BCUT2D eigenvalue weighted by atomic mass is 16.6. The van der Waals surface area contributed by atoms with E-state index in [2.05, 4.69) is 12.2 Å². The van der Waals surface area contributed by atoms with Gasteiger partial charge < -0.3 is 10.1 Å². The Balaban J connectivity index is 2.14. The van der Waals surface area contributed by atoms with Crippen LogP contribution in [0.1, 0.15) is 26.2 Å². The van der Waals surface area contributed by atoms with Gasteiger partial charge in [0.2, 0.25) is 0 Å². The summed E-state index contributed by atoms with van der Waals surface area (Å²) in [5.41, 5.74) is 0.801. The van der Waals surface area contributed by atoms with Gasteiger partial charge in [-0.05, 0) is 37.3 Å². The smallest absolute Gasteiger partial charge is 0.312 e. The number of ether oxygens (including phenoxy) is 1. The first-order valence-electron chi connectivity index (χ1n) is 6.19. The van der Waals surface area contributed by atoms with Crippen molar-refractivity contribution in [3.63, 3.8) is 0 Å². The molecule has 0 bridgehead atoms. The maximum atomic E-state index is 10.9. The molecule has 0 spiro atoms. The second-order valence-electron chi connectivity index (χ2n) is 4.90. The van der Waals surface area contributed by atoms with Gasteiger partial charge in [-0.1, -0.05) is 6.92 Å². The highest BCUT2D eigenvalue weighted by molar-refractivity contribution is 5.58. The van der Waals surface area contributed by atoms with E-state index in [4.69, 9.17) is 4.74 Å². The number of hydrogen-bond donors (Lipinski definition) is 1. The molecular weight excluding hydrogens is 232 g/mol. The summed E-state index contributed by atoms with van der Waals surface area (Å²) in [5, 5.41) is 14.3. The van der Waals surface area contributed by atoms with Crippen LogP contribution >= 0.6 is 0 Å². The Kier molecular flexibility index (Phi) is 3.69. The summed E-state index contributed by atoms with van der Waals surface area (Å²) in [6, 6.07) is 5.43. The van der Waals surface area contributed by atoms with Gasteiger partial charge in [-0.2, -0.15) is 0 Å². The number of nitro groups is 1. The number of methoxy groups -OCH3 is 1. The lowest BCUT2D eigenvalue weighted by Gasteiger charge is -2.14. The highest BCUT2D eigenvalue weighted by Crippen LogP contribution is 2.32. The Morgan fingerprint density at radius 3 is 2.78 bits per heavy atom. The summed E-state index contributed by atoms with van der Waals surface area (Å²) < 4.78 is 4.98. The van der Waals surface area contributed by atoms with E-state index < -0.39 is 4.92 Å². The average Bonchev–Trinajstić information content (AvgIpc) is 2.74. The Bertz CT molecular complexity index is 448. The third-order valence-corrected chi connectivity index (χ3v) is 3.44. The summed E-state index contributed by atoms with van der Waals surface area (Å²) in [6.45, 7) is 2.23. The van der Waals surface area contributed by atoms with Crippen molar-refractivity contribution >= 4 is 11.4 Å². The molecule has 0 aliphatic heterocycles. The minimum Gasteiger partial charge on any atom is -0.490 e. The molecule has 2 unspecified atom stereocenters. The molecule has 5 nitrogen and oxygen atoms in total. The van der Waals surface area contributed by atoms with Gasteiger partial charge in [-0.15, -0.1) is 0 Å². The van der Waals surface area contributed by atoms with Gasteiger partial charge >= 0.3 is 5.69 Å². The van der Waals surface area contributed by atoms with E-state index in [1.165, 1.54) is 13.5 Å². The van der Waals surface area contributed by atoms with Crippen molar-refractivity contribution in [3.05, 3.63) is 28.3 Å². The Morgan fingerprint density at radius 2 is 2.22 bits per heavy atom. The van der Waals surface area contributed by atoms with E-state index in [0.717, 1.165) is 24.4 Å².